The first kappa shape index (κ1) is 13.0. The minimum atomic E-state index is -0.00144. The first-order chi connectivity index (χ1) is 8.56. The van der Waals surface area contributed by atoms with Gasteiger partial charge in [-0.25, -0.2) is 4.98 Å². The van der Waals surface area contributed by atoms with E-state index in [-0.39, 0.29) is 11.9 Å². The highest BCUT2D eigenvalue weighted by molar-refractivity contribution is 7.16. The van der Waals surface area contributed by atoms with Crippen LogP contribution in [-0.4, -0.2) is 16.9 Å². The van der Waals surface area contributed by atoms with Gasteiger partial charge in [-0.1, -0.05) is 13.8 Å². The second-order valence-electron chi connectivity index (χ2n) is 5.04. The highest BCUT2D eigenvalue weighted by atomic mass is 32.1. The Balaban J connectivity index is 2.08. The maximum absolute atomic E-state index is 12.1. The van der Waals surface area contributed by atoms with Crippen molar-refractivity contribution in [1.82, 2.24) is 10.3 Å². The molecule has 2 rings (SSSR count). The zero-order valence-corrected chi connectivity index (χ0v) is 11.8. The quantitative estimate of drug-likeness (QED) is 0.916. The van der Waals surface area contributed by atoms with E-state index in [0.29, 0.717) is 11.5 Å². The first-order valence-electron chi connectivity index (χ1n) is 6.20. The molecule has 1 unspecified atom stereocenters. The number of rotatable bonds is 4. The van der Waals surface area contributed by atoms with Gasteiger partial charge < -0.3 is 5.32 Å². The van der Waals surface area contributed by atoms with Crippen LogP contribution in [-0.2, 0) is 0 Å². The normalized spacial score (nSPS) is 12.9. The Kier molecular flexibility index (Phi) is 3.97. The molecule has 0 saturated heterocycles. The highest BCUT2D eigenvalue weighted by Gasteiger charge is 2.11. The zero-order chi connectivity index (χ0) is 13.1. The molecule has 2 aromatic rings. The van der Waals surface area contributed by atoms with Crippen molar-refractivity contribution in [2.75, 3.05) is 0 Å². The van der Waals surface area contributed by atoms with E-state index in [1.165, 1.54) is 0 Å². The summed E-state index contributed by atoms with van der Waals surface area (Å²) >= 11 is 1.56. The number of hydrogen-bond acceptors (Lipinski definition) is 3. The van der Waals surface area contributed by atoms with Gasteiger partial charge in [0.05, 0.1) is 15.7 Å². The van der Waals surface area contributed by atoms with Crippen LogP contribution in [0.1, 0.15) is 37.6 Å². The lowest BCUT2D eigenvalue weighted by molar-refractivity contribution is 0.0936. The van der Waals surface area contributed by atoms with Crippen LogP contribution in [0.15, 0.2) is 23.7 Å². The van der Waals surface area contributed by atoms with Crippen molar-refractivity contribution < 1.29 is 4.79 Å². The molecule has 1 atom stereocenters. The number of amides is 1. The summed E-state index contributed by atoms with van der Waals surface area (Å²) in [5, 5.41) is 3.03. The Morgan fingerprint density at radius 1 is 1.39 bits per heavy atom. The topological polar surface area (TPSA) is 42.0 Å². The molecular weight excluding hydrogens is 244 g/mol. The predicted molar refractivity (Wildman–Crippen MR) is 76.0 cm³/mol. The van der Waals surface area contributed by atoms with Gasteiger partial charge in [0.2, 0.25) is 0 Å². The van der Waals surface area contributed by atoms with E-state index >= 15 is 0 Å². The van der Waals surface area contributed by atoms with E-state index in [9.17, 15) is 4.79 Å². The van der Waals surface area contributed by atoms with Gasteiger partial charge in [0.25, 0.3) is 5.91 Å². The van der Waals surface area contributed by atoms with Crippen molar-refractivity contribution in [3.05, 3.63) is 29.3 Å². The monoisotopic (exact) mass is 262 g/mol. The summed E-state index contributed by atoms with van der Waals surface area (Å²) < 4.78 is 1.05. The van der Waals surface area contributed by atoms with Gasteiger partial charge in [0, 0.05) is 11.6 Å². The summed E-state index contributed by atoms with van der Waals surface area (Å²) in [5.74, 6) is 0.586. The number of aromatic nitrogens is 1. The number of nitrogens with zero attached hydrogens (tertiary/aromatic N) is 1. The maximum atomic E-state index is 12.1. The predicted octanol–water partition coefficient (Wildman–Crippen LogP) is 3.46. The van der Waals surface area contributed by atoms with Crippen LogP contribution < -0.4 is 5.32 Å². The van der Waals surface area contributed by atoms with Crippen molar-refractivity contribution >= 4 is 27.5 Å². The number of carbonyl (C=O) groups excluding carboxylic acids is 1. The van der Waals surface area contributed by atoms with Crippen molar-refractivity contribution in [3.63, 3.8) is 0 Å². The summed E-state index contributed by atoms with van der Waals surface area (Å²) in [6.07, 6.45) is 0.995. The fraction of sp³-hybridized carbons (Fsp3) is 0.429. The van der Waals surface area contributed by atoms with E-state index in [0.717, 1.165) is 16.6 Å². The van der Waals surface area contributed by atoms with Crippen molar-refractivity contribution in [3.8, 4) is 0 Å². The fourth-order valence-electron chi connectivity index (χ4n) is 2.07. The molecule has 3 nitrogen and oxygen atoms in total. The molecule has 96 valence electrons. The molecule has 1 amide bonds. The third-order valence-corrected chi connectivity index (χ3v) is 3.59. The van der Waals surface area contributed by atoms with Crippen LogP contribution in [0.5, 0.6) is 0 Å². The van der Waals surface area contributed by atoms with Crippen LogP contribution in [0.25, 0.3) is 10.2 Å². The molecular formula is C14H18N2OS. The van der Waals surface area contributed by atoms with Crippen LogP contribution in [0.3, 0.4) is 0 Å². The number of carbonyl (C=O) groups is 1. The molecule has 0 saturated carbocycles. The molecule has 0 radical (unpaired) electrons. The minimum Gasteiger partial charge on any atom is -0.350 e. The lowest BCUT2D eigenvalue weighted by Crippen LogP contribution is -2.33. The molecule has 4 heteroatoms. The minimum absolute atomic E-state index is 0.00144. The average molecular weight is 262 g/mol. The van der Waals surface area contributed by atoms with Crippen molar-refractivity contribution in [1.29, 1.82) is 0 Å². The lowest BCUT2D eigenvalue weighted by atomic mass is 10.0. The molecule has 1 N–H and O–H groups in total. The van der Waals surface area contributed by atoms with Gasteiger partial charge >= 0.3 is 0 Å². The fourth-order valence-corrected chi connectivity index (χ4v) is 2.79. The summed E-state index contributed by atoms with van der Waals surface area (Å²) in [7, 11) is 0. The number of fused-ring (bicyclic) bond motifs is 1. The Bertz CT molecular complexity index is 547. The lowest BCUT2D eigenvalue weighted by Gasteiger charge is -2.15. The Labute approximate surface area is 111 Å². The highest BCUT2D eigenvalue weighted by Crippen LogP contribution is 2.19. The molecule has 0 aliphatic carbocycles. The van der Waals surface area contributed by atoms with E-state index in [1.54, 1.807) is 16.8 Å². The van der Waals surface area contributed by atoms with Crippen molar-refractivity contribution in [2.24, 2.45) is 5.92 Å². The third kappa shape index (κ3) is 3.07. The first-order valence-corrected chi connectivity index (χ1v) is 7.08. The number of benzene rings is 1. The largest absolute Gasteiger partial charge is 0.350 e. The summed E-state index contributed by atoms with van der Waals surface area (Å²) in [6.45, 7) is 6.36. The molecule has 0 bridgehead atoms. The second kappa shape index (κ2) is 5.48. The van der Waals surface area contributed by atoms with Crippen LogP contribution in [0.2, 0.25) is 0 Å². The molecule has 1 aromatic carbocycles. The van der Waals surface area contributed by atoms with Gasteiger partial charge in [-0.15, -0.1) is 11.3 Å². The molecule has 0 fully saturated rings. The Hall–Kier alpha value is -1.42. The second-order valence-corrected chi connectivity index (χ2v) is 5.93. The molecule has 1 aromatic heterocycles. The number of thiazole rings is 1. The van der Waals surface area contributed by atoms with E-state index in [2.05, 4.69) is 24.1 Å². The van der Waals surface area contributed by atoms with Gasteiger partial charge in [0.15, 0.2) is 0 Å². The zero-order valence-electron chi connectivity index (χ0n) is 10.9. The summed E-state index contributed by atoms with van der Waals surface area (Å²) in [5.41, 5.74) is 3.46. The molecule has 0 aliphatic heterocycles. The molecule has 0 aliphatic rings. The van der Waals surface area contributed by atoms with Crippen molar-refractivity contribution in [2.45, 2.75) is 33.2 Å². The number of nitrogens with one attached hydrogen (secondary N) is 1. The van der Waals surface area contributed by atoms with E-state index in [1.807, 2.05) is 25.1 Å². The van der Waals surface area contributed by atoms with Gasteiger partial charge in [0.1, 0.15) is 0 Å². The van der Waals surface area contributed by atoms with Gasteiger partial charge in [-0.05, 0) is 37.5 Å². The standard InChI is InChI=1S/C14H18N2OS/c1-9(2)6-10(3)16-14(17)11-4-5-12-13(7-11)18-8-15-12/h4-5,7-10H,6H2,1-3H3,(H,16,17). The van der Waals surface area contributed by atoms with Crippen LogP contribution in [0, 0.1) is 5.92 Å². The molecule has 0 spiro atoms. The maximum Gasteiger partial charge on any atom is 0.251 e. The Morgan fingerprint density at radius 2 is 2.17 bits per heavy atom. The van der Waals surface area contributed by atoms with Gasteiger partial charge in [-0.3, -0.25) is 4.79 Å². The Morgan fingerprint density at radius 3 is 2.89 bits per heavy atom. The molecule has 1 heterocycles. The van der Waals surface area contributed by atoms with E-state index < -0.39 is 0 Å². The summed E-state index contributed by atoms with van der Waals surface area (Å²) in [4.78, 5) is 16.3. The third-order valence-electron chi connectivity index (χ3n) is 2.80. The van der Waals surface area contributed by atoms with E-state index in [4.69, 9.17) is 0 Å². The van der Waals surface area contributed by atoms with Crippen LogP contribution in [0.4, 0.5) is 0 Å². The smallest absolute Gasteiger partial charge is 0.251 e. The van der Waals surface area contributed by atoms with Gasteiger partial charge in [-0.2, -0.15) is 0 Å². The SMILES string of the molecule is CC(C)CC(C)NC(=O)c1ccc2ncsc2c1. The van der Waals surface area contributed by atoms with Crippen LogP contribution >= 0.6 is 11.3 Å². The average Bonchev–Trinajstić information content (AvgIpc) is 2.74. The molecule has 18 heavy (non-hydrogen) atoms. The summed E-state index contributed by atoms with van der Waals surface area (Å²) in [6, 6.07) is 5.84. The number of hydrogen-bond donors (Lipinski definition) is 1.